The van der Waals surface area contributed by atoms with Gasteiger partial charge in [-0.1, -0.05) is 0 Å². The lowest BCUT2D eigenvalue weighted by atomic mass is 10.2. The molecule has 0 radical (unpaired) electrons. The van der Waals surface area contributed by atoms with Gasteiger partial charge in [0.25, 0.3) is 0 Å². The lowest BCUT2D eigenvalue weighted by Crippen LogP contribution is -2.36. The standard InChI is InChI=1S/C11H13BrN4O2/c1-11(2,3)18-10(17)16-15-8-4-7(12)6-14-9(8)5-13/h4,6,15H,1-3H3,(H,16,17). The van der Waals surface area contributed by atoms with E-state index in [4.69, 9.17) is 10.00 Å². The van der Waals surface area contributed by atoms with E-state index in [9.17, 15) is 4.79 Å². The van der Waals surface area contributed by atoms with Crippen molar-refractivity contribution in [3.8, 4) is 6.07 Å². The van der Waals surface area contributed by atoms with Crippen molar-refractivity contribution in [3.05, 3.63) is 22.4 Å². The van der Waals surface area contributed by atoms with E-state index in [-0.39, 0.29) is 5.69 Å². The van der Waals surface area contributed by atoms with Crippen LogP contribution in [0.15, 0.2) is 16.7 Å². The zero-order valence-corrected chi connectivity index (χ0v) is 11.8. The number of hydrazine groups is 1. The van der Waals surface area contributed by atoms with Crippen LogP contribution in [0.1, 0.15) is 26.5 Å². The minimum Gasteiger partial charge on any atom is -0.443 e. The Morgan fingerprint density at radius 3 is 2.78 bits per heavy atom. The van der Waals surface area contributed by atoms with Crippen LogP contribution in [0, 0.1) is 11.3 Å². The number of aromatic nitrogens is 1. The maximum atomic E-state index is 11.4. The van der Waals surface area contributed by atoms with Gasteiger partial charge in [0.05, 0.1) is 5.69 Å². The van der Waals surface area contributed by atoms with Crippen molar-refractivity contribution in [1.29, 1.82) is 5.26 Å². The number of amides is 1. The van der Waals surface area contributed by atoms with Gasteiger partial charge in [0, 0.05) is 10.7 Å². The minimum absolute atomic E-state index is 0.175. The molecule has 0 atom stereocenters. The first-order valence-corrected chi connectivity index (χ1v) is 5.92. The second-order valence-corrected chi connectivity index (χ2v) is 5.33. The molecule has 7 heteroatoms. The molecule has 1 aromatic heterocycles. The van der Waals surface area contributed by atoms with E-state index < -0.39 is 11.7 Å². The van der Waals surface area contributed by atoms with Gasteiger partial charge < -0.3 is 4.74 Å². The van der Waals surface area contributed by atoms with E-state index in [1.54, 1.807) is 26.8 Å². The van der Waals surface area contributed by atoms with Crippen molar-refractivity contribution >= 4 is 27.7 Å². The first-order chi connectivity index (χ1) is 8.31. The SMILES string of the molecule is CC(C)(C)OC(=O)NNc1cc(Br)cnc1C#N. The predicted octanol–water partition coefficient (Wildman–Crippen LogP) is 2.57. The van der Waals surface area contributed by atoms with Gasteiger partial charge >= 0.3 is 6.09 Å². The van der Waals surface area contributed by atoms with Gasteiger partial charge in [-0.15, -0.1) is 0 Å². The van der Waals surface area contributed by atoms with Crippen molar-refractivity contribution in [3.63, 3.8) is 0 Å². The quantitative estimate of drug-likeness (QED) is 0.819. The zero-order chi connectivity index (χ0) is 13.8. The minimum atomic E-state index is -0.633. The summed E-state index contributed by atoms with van der Waals surface area (Å²) in [4.78, 5) is 15.3. The fourth-order valence-electron chi connectivity index (χ4n) is 1.05. The monoisotopic (exact) mass is 312 g/mol. The summed E-state index contributed by atoms with van der Waals surface area (Å²) < 4.78 is 5.73. The molecule has 0 saturated heterocycles. The highest BCUT2D eigenvalue weighted by molar-refractivity contribution is 9.10. The number of nitrogens with one attached hydrogen (secondary N) is 2. The van der Waals surface area contributed by atoms with Crippen molar-refractivity contribution < 1.29 is 9.53 Å². The van der Waals surface area contributed by atoms with Gasteiger partial charge in [-0.2, -0.15) is 5.26 Å². The van der Waals surface area contributed by atoms with Crippen LogP contribution in [0.2, 0.25) is 0 Å². The van der Waals surface area contributed by atoms with Gasteiger partial charge in [-0.3, -0.25) is 5.43 Å². The molecule has 96 valence electrons. The van der Waals surface area contributed by atoms with Crippen molar-refractivity contribution in [1.82, 2.24) is 10.4 Å². The Kier molecular flexibility index (Phi) is 4.50. The lowest BCUT2D eigenvalue weighted by Gasteiger charge is -2.20. The summed E-state index contributed by atoms with van der Waals surface area (Å²) in [6.45, 7) is 5.27. The van der Waals surface area contributed by atoms with E-state index in [0.717, 1.165) is 0 Å². The van der Waals surface area contributed by atoms with E-state index in [2.05, 4.69) is 31.8 Å². The Bertz CT molecular complexity index is 491. The molecule has 2 N–H and O–H groups in total. The summed E-state index contributed by atoms with van der Waals surface area (Å²) in [6, 6.07) is 3.54. The Morgan fingerprint density at radius 2 is 2.22 bits per heavy atom. The van der Waals surface area contributed by atoms with Gasteiger partial charge in [0.1, 0.15) is 11.7 Å². The summed E-state index contributed by atoms with van der Waals surface area (Å²) in [5.74, 6) is 0. The number of rotatable bonds is 2. The summed E-state index contributed by atoms with van der Waals surface area (Å²) in [5, 5.41) is 8.85. The molecule has 0 aromatic carbocycles. The smallest absolute Gasteiger partial charge is 0.426 e. The van der Waals surface area contributed by atoms with E-state index in [1.807, 2.05) is 6.07 Å². The van der Waals surface area contributed by atoms with Crippen LogP contribution < -0.4 is 10.9 Å². The molecular formula is C11H13BrN4O2. The molecule has 1 heterocycles. The second-order valence-electron chi connectivity index (χ2n) is 4.41. The summed E-state index contributed by atoms with van der Waals surface area (Å²) in [7, 11) is 0. The van der Waals surface area contributed by atoms with E-state index in [0.29, 0.717) is 10.2 Å². The number of hydrogen-bond donors (Lipinski definition) is 2. The molecule has 0 fully saturated rings. The zero-order valence-electron chi connectivity index (χ0n) is 10.2. The van der Waals surface area contributed by atoms with Crippen LogP contribution in [-0.4, -0.2) is 16.7 Å². The highest BCUT2D eigenvalue weighted by Gasteiger charge is 2.16. The largest absolute Gasteiger partial charge is 0.443 e. The number of nitrogens with zero attached hydrogens (tertiary/aromatic N) is 2. The Hall–Kier alpha value is -1.81. The van der Waals surface area contributed by atoms with Crippen LogP contribution in [0.25, 0.3) is 0 Å². The number of halogens is 1. The fourth-order valence-corrected chi connectivity index (χ4v) is 1.38. The Labute approximate surface area is 113 Å². The van der Waals surface area contributed by atoms with Crippen molar-refractivity contribution in [2.45, 2.75) is 26.4 Å². The maximum absolute atomic E-state index is 11.4. The molecule has 0 aliphatic carbocycles. The number of ether oxygens (including phenoxy) is 1. The van der Waals surface area contributed by atoms with Gasteiger partial charge in [0.15, 0.2) is 5.69 Å². The molecular weight excluding hydrogens is 300 g/mol. The van der Waals surface area contributed by atoms with Gasteiger partial charge in [0.2, 0.25) is 0 Å². The highest BCUT2D eigenvalue weighted by Crippen LogP contribution is 2.17. The number of anilines is 1. The number of carbonyl (C=O) groups is 1. The van der Waals surface area contributed by atoms with Crippen LogP contribution in [0.3, 0.4) is 0 Å². The molecule has 0 spiro atoms. The van der Waals surface area contributed by atoms with Gasteiger partial charge in [-0.05, 0) is 42.8 Å². The Morgan fingerprint density at radius 1 is 1.56 bits per heavy atom. The van der Waals surface area contributed by atoms with Crippen molar-refractivity contribution in [2.75, 3.05) is 5.43 Å². The van der Waals surface area contributed by atoms with E-state index >= 15 is 0 Å². The first kappa shape index (κ1) is 14.3. The topological polar surface area (TPSA) is 87.0 Å². The fraction of sp³-hybridized carbons (Fsp3) is 0.364. The third-order valence-electron chi connectivity index (χ3n) is 1.66. The number of carbonyl (C=O) groups excluding carboxylic acids is 1. The van der Waals surface area contributed by atoms with Crippen LogP contribution >= 0.6 is 15.9 Å². The van der Waals surface area contributed by atoms with E-state index in [1.165, 1.54) is 6.20 Å². The lowest BCUT2D eigenvalue weighted by molar-refractivity contribution is 0.0541. The van der Waals surface area contributed by atoms with Gasteiger partial charge in [-0.25, -0.2) is 15.2 Å². The normalized spacial score (nSPS) is 10.4. The maximum Gasteiger partial charge on any atom is 0.426 e. The molecule has 0 saturated carbocycles. The molecule has 0 aliphatic rings. The Balaban J connectivity index is 2.67. The van der Waals surface area contributed by atoms with Crippen LogP contribution in [0.4, 0.5) is 10.5 Å². The van der Waals surface area contributed by atoms with Crippen LogP contribution in [-0.2, 0) is 4.74 Å². The molecule has 0 aliphatic heterocycles. The molecule has 1 aromatic rings. The summed E-state index contributed by atoms with van der Waals surface area (Å²) in [5.41, 5.74) is 4.90. The molecule has 0 bridgehead atoms. The third kappa shape index (κ3) is 4.59. The molecule has 18 heavy (non-hydrogen) atoms. The summed E-state index contributed by atoms with van der Waals surface area (Å²) in [6.07, 6.45) is 0.864. The first-order valence-electron chi connectivity index (χ1n) is 5.12. The molecule has 1 amide bonds. The predicted molar refractivity (Wildman–Crippen MR) is 69.6 cm³/mol. The second kappa shape index (κ2) is 5.69. The van der Waals surface area contributed by atoms with Crippen molar-refractivity contribution in [2.24, 2.45) is 0 Å². The summed E-state index contributed by atoms with van der Waals surface area (Å²) >= 11 is 3.23. The third-order valence-corrected chi connectivity index (χ3v) is 2.09. The molecule has 1 rings (SSSR count). The average molecular weight is 313 g/mol. The number of nitriles is 1. The number of pyridine rings is 1. The number of hydrogen-bond acceptors (Lipinski definition) is 5. The average Bonchev–Trinajstić information content (AvgIpc) is 2.24. The molecule has 6 nitrogen and oxygen atoms in total. The highest BCUT2D eigenvalue weighted by atomic mass is 79.9. The van der Waals surface area contributed by atoms with Crippen LogP contribution in [0.5, 0.6) is 0 Å². The molecule has 0 unspecified atom stereocenters.